The molecule has 0 amide bonds. The Morgan fingerprint density at radius 1 is 1.40 bits per heavy atom. The number of hydrogen-bond donors (Lipinski definition) is 0. The van der Waals surface area contributed by atoms with Crippen molar-refractivity contribution in [2.75, 3.05) is 33.2 Å². The van der Waals surface area contributed by atoms with Crippen molar-refractivity contribution in [3.05, 3.63) is 37.0 Å². The van der Waals surface area contributed by atoms with Gasteiger partial charge in [-0.3, -0.25) is 4.90 Å². The second-order valence-electron chi connectivity index (χ2n) is 4.01. The first kappa shape index (κ1) is 12.2. The predicted octanol–water partition coefficient (Wildman–Crippen LogP) is 1.92. The minimum absolute atomic E-state index is 0.476. The summed E-state index contributed by atoms with van der Waals surface area (Å²) >= 11 is 0. The third kappa shape index (κ3) is 3.05. The molecule has 0 aromatic carbocycles. The van der Waals surface area contributed by atoms with Gasteiger partial charge in [0.2, 0.25) is 0 Å². The highest BCUT2D eigenvalue weighted by atomic mass is 15.3. The summed E-state index contributed by atoms with van der Waals surface area (Å²) in [5.41, 5.74) is 1.28. The molecule has 0 aromatic rings. The molecule has 15 heavy (non-hydrogen) atoms. The fourth-order valence-electron chi connectivity index (χ4n) is 2.10. The Morgan fingerprint density at radius 3 is 2.67 bits per heavy atom. The van der Waals surface area contributed by atoms with Crippen molar-refractivity contribution < 1.29 is 0 Å². The van der Waals surface area contributed by atoms with Crippen LogP contribution in [0, 0.1) is 0 Å². The van der Waals surface area contributed by atoms with Crippen molar-refractivity contribution in [1.29, 1.82) is 0 Å². The minimum Gasteiger partial charge on any atom is -0.303 e. The van der Waals surface area contributed by atoms with Crippen LogP contribution < -0.4 is 0 Å². The molecule has 0 aliphatic carbocycles. The van der Waals surface area contributed by atoms with Gasteiger partial charge in [-0.25, -0.2) is 0 Å². The van der Waals surface area contributed by atoms with Gasteiger partial charge in [-0.05, 0) is 19.2 Å². The highest BCUT2D eigenvalue weighted by Crippen LogP contribution is 2.16. The van der Waals surface area contributed by atoms with Crippen molar-refractivity contribution in [2.24, 2.45) is 0 Å². The van der Waals surface area contributed by atoms with E-state index in [1.807, 2.05) is 12.2 Å². The van der Waals surface area contributed by atoms with Gasteiger partial charge in [0, 0.05) is 25.7 Å². The molecular formula is C13H22N2. The molecule has 1 rings (SSSR count). The fourth-order valence-corrected chi connectivity index (χ4v) is 2.10. The summed E-state index contributed by atoms with van der Waals surface area (Å²) in [7, 11) is 2.18. The molecule has 0 aromatic heterocycles. The average Bonchev–Trinajstić information content (AvgIpc) is 2.26. The molecule has 1 aliphatic heterocycles. The Balaban J connectivity index is 2.81. The van der Waals surface area contributed by atoms with Crippen LogP contribution in [-0.2, 0) is 0 Å². The lowest BCUT2D eigenvalue weighted by Crippen LogP contribution is -2.52. The van der Waals surface area contributed by atoms with Gasteiger partial charge in [-0.2, -0.15) is 0 Å². The Labute approximate surface area is 93.6 Å². The summed E-state index contributed by atoms with van der Waals surface area (Å²) in [5, 5.41) is 0. The molecule has 84 valence electrons. The van der Waals surface area contributed by atoms with E-state index in [0.717, 1.165) is 26.2 Å². The van der Waals surface area contributed by atoms with Crippen LogP contribution >= 0.6 is 0 Å². The number of likely N-dealkylation sites (N-methyl/N-ethyl adjacent to an activating group) is 2. The largest absolute Gasteiger partial charge is 0.303 e. The van der Waals surface area contributed by atoms with Crippen molar-refractivity contribution in [3.63, 3.8) is 0 Å². The summed E-state index contributed by atoms with van der Waals surface area (Å²) in [6.45, 7) is 14.3. The molecule has 0 saturated carbocycles. The number of rotatable bonds is 4. The van der Waals surface area contributed by atoms with Crippen molar-refractivity contribution in [2.45, 2.75) is 13.0 Å². The summed E-state index contributed by atoms with van der Waals surface area (Å²) in [5.74, 6) is 0. The molecule has 1 saturated heterocycles. The van der Waals surface area contributed by atoms with Crippen LogP contribution in [0.15, 0.2) is 37.0 Å². The van der Waals surface area contributed by atoms with Crippen molar-refractivity contribution in [1.82, 2.24) is 9.80 Å². The zero-order valence-corrected chi connectivity index (χ0v) is 9.95. The second kappa shape index (κ2) is 5.89. The first-order chi connectivity index (χ1) is 7.22. The van der Waals surface area contributed by atoms with Gasteiger partial charge in [0.25, 0.3) is 0 Å². The standard InChI is InChI=1S/C13H22N2/c1-5-8-12(6-2)13-11-14(4)9-10-15(13)7-3/h5-6,8,13H,1-2,7,9-11H2,3-4H3/b12-8+. The molecule has 1 aliphatic rings. The molecule has 0 spiro atoms. The Kier molecular flexibility index (Phi) is 4.79. The van der Waals surface area contributed by atoms with Crippen LogP contribution in [0.3, 0.4) is 0 Å². The monoisotopic (exact) mass is 206 g/mol. The van der Waals surface area contributed by atoms with Gasteiger partial charge < -0.3 is 4.90 Å². The first-order valence-corrected chi connectivity index (χ1v) is 5.60. The first-order valence-electron chi connectivity index (χ1n) is 5.60. The maximum atomic E-state index is 3.89. The molecule has 0 bridgehead atoms. The molecule has 0 radical (unpaired) electrons. The molecule has 1 atom stereocenters. The van der Waals surface area contributed by atoms with E-state index in [1.165, 1.54) is 5.57 Å². The Morgan fingerprint density at radius 2 is 2.13 bits per heavy atom. The number of allylic oxidation sites excluding steroid dienone is 2. The van der Waals surface area contributed by atoms with E-state index in [9.17, 15) is 0 Å². The van der Waals surface area contributed by atoms with Crippen LogP contribution in [0.1, 0.15) is 6.92 Å². The lowest BCUT2D eigenvalue weighted by Gasteiger charge is -2.40. The Bertz CT molecular complexity index is 255. The van der Waals surface area contributed by atoms with E-state index in [-0.39, 0.29) is 0 Å². The number of piperazine rings is 1. The van der Waals surface area contributed by atoms with Crippen molar-refractivity contribution in [3.8, 4) is 0 Å². The summed E-state index contributed by atoms with van der Waals surface area (Å²) < 4.78 is 0. The van der Waals surface area contributed by atoms with Gasteiger partial charge in [0.05, 0.1) is 0 Å². The molecule has 0 N–H and O–H groups in total. The van der Waals surface area contributed by atoms with Crippen molar-refractivity contribution >= 4 is 0 Å². The lowest BCUT2D eigenvalue weighted by molar-refractivity contribution is 0.116. The van der Waals surface area contributed by atoms with Gasteiger partial charge >= 0.3 is 0 Å². The van der Waals surface area contributed by atoms with Crippen LogP contribution in [0.4, 0.5) is 0 Å². The smallest absolute Gasteiger partial charge is 0.0475 e. The third-order valence-corrected chi connectivity index (χ3v) is 3.03. The van der Waals surface area contributed by atoms with Gasteiger partial charge in [-0.1, -0.05) is 38.3 Å². The van der Waals surface area contributed by atoms with Gasteiger partial charge in [0.1, 0.15) is 0 Å². The molecule has 1 unspecified atom stereocenters. The zero-order chi connectivity index (χ0) is 11.3. The zero-order valence-electron chi connectivity index (χ0n) is 9.95. The molecular weight excluding hydrogens is 184 g/mol. The molecule has 1 fully saturated rings. The molecule has 2 heteroatoms. The molecule has 2 nitrogen and oxygen atoms in total. The van der Waals surface area contributed by atoms with Crippen LogP contribution in [-0.4, -0.2) is 49.1 Å². The normalized spacial score (nSPS) is 25.2. The lowest BCUT2D eigenvalue weighted by atomic mass is 10.0. The maximum absolute atomic E-state index is 3.89. The summed E-state index contributed by atoms with van der Waals surface area (Å²) in [6, 6.07) is 0.476. The van der Waals surface area contributed by atoms with Gasteiger partial charge in [0.15, 0.2) is 0 Å². The van der Waals surface area contributed by atoms with E-state index in [4.69, 9.17) is 0 Å². The SMILES string of the molecule is C=C/C=C(\C=C)C1CN(C)CCN1CC. The highest BCUT2D eigenvalue weighted by molar-refractivity contribution is 5.27. The predicted molar refractivity (Wildman–Crippen MR) is 67.0 cm³/mol. The average molecular weight is 206 g/mol. The fraction of sp³-hybridized carbons (Fsp3) is 0.538. The van der Waals surface area contributed by atoms with E-state index in [0.29, 0.717) is 6.04 Å². The number of nitrogens with zero attached hydrogens (tertiary/aromatic N) is 2. The topological polar surface area (TPSA) is 6.48 Å². The number of hydrogen-bond acceptors (Lipinski definition) is 2. The van der Waals surface area contributed by atoms with Crippen LogP contribution in [0.25, 0.3) is 0 Å². The maximum Gasteiger partial charge on any atom is 0.0475 e. The third-order valence-electron chi connectivity index (χ3n) is 3.03. The van der Waals surface area contributed by atoms with Gasteiger partial charge in [-0.15, -0.1) is 0 Å². The Hall–Kier alpha value is -0.860. The molecule has 1 heterocycles. The minimum atomic E-state index is 0.476. The van der Waals surface area contributed by atoms with Crippen LogP contribution in [0.2, 0.25) is 0 Å². The highest BCUT2D eigenvalue weighted by Gasteiger charge is 2.25. The summed E-state index contributed by atoms with van der Waals surface area (Å²) in [6.07, 6.45) is 5.87. The second-order valence-corrected chi connectivity index (χ2v) is 4.01. The quantitative estimate of drug-likeness (QED) is 0.648. The van der Waals surface area contributed by atoms with E-state index >= 15 is 0 Å². The van der Waals surface area contributed by atoms with E-state index in [1.54, 1.807) is 0 Å². The van der Waals surface area contributed by atoms with E-state index < -0.39 is 0 Å². The van der Waals surface area contributed by atoms with Crippen LogP contribution in [0.5, 0.6) is 0 Å². The van der Waals surface area contributed by atoms with E-state index in [2.05, 4.69) is 43.0 Å². The summed E-state index contributed by atoms with van der Waals surface area (Å²) in [4.78, 5) is 4.87.